The SMILES string of the molecule is O=C(C[C@@H]1NCCNC1=O)Nc1cccc(Cl)c1. The molecule has 2 amide bonds. The Balaban J connectivity index is 1.90. The number of hydrogen-bond acceptors (Lipinski definition) is 3. The molecule has 2 rings (SSSR count). The number of hydrogen-bond donors (Lipinski definition) is 3. The highest BCUT2D eigenvalue weighted by Crippen LogP contribution is 2.15. The van der Waals surface area contributed by atoms with E-state index in [0.717, 1.165) is 0 Å². The second kappa shape index (κ2) is 5.84. The quantitative estimate of drug-likeness (QED) is 0.757. The Morgan fingerprint density at radius 3 is 3.00 bits per heavy atom. The van der Waals surface area contributed by atoms with E-state index in [4.69, 9.17) is 11.6 Å². The van der Waals surface area contributed by atoms with Gasteiger partial charge in [0.25, 0.3) is 0 Å². The lowest BCUT2D eigenvalue weighted by Crippen LogP contribution is -2.53. The van der Waals surface area contributed by atoms with E-state index in [-0.39, 0.29) is 18.2 Å². The van der Waals surface area contributed by atoms with Crippen molar-refractivity contribution in [1.82, 2.24) is 10.6 Å². The first-order valence-electron chi connectivity index (χ1n) is 5.71. The minimum atomic E-state index is -0.460. The highest BCUT2D eigenvalue weighted by molar-refractivity contribution is 6.30. The molecule has 0 aliphatic carbocycles. The van der Waals surface area contributed by atoms with Crippen molar-refractivity contribution in [2.24, 2.45) is 0 Å². The van der Waals surface area contributed by atoms with E-state index in [1.165, 1.54) is 0 Å². The Labute approximate surface area is 110 Å². The van der Waals surface area contributed by atoms with Gasteiger partial charge in [-0.15, -0.1) is 0 Å². The topological polar surface area (TPSA) is 70.2 Å². The maximum absolute atomic E-state index is 11.8. The third kappa shape index (κ3) is 3.45. The second-order valence-corrected chi connectivity index (χ2v) is 4.50. The van der Waals surface area contributed by atoms with Gasteiger partial charge in [0.15, 0.2) is 0 Å². The third-order valence-corrected chi connectivity index (χ3v) is 2.86. The van der Waals surface area contributed by atoms with Gasteiger partial charge < -0.3 is 16.0 Å². The Bertz CT molecular complexity index is 464. The van der Waals surface area contributed by atoms with E-state index >= 15 is 0 Å². The van der Waals surface area contributed by atoms with Crippen LogP contribution in [0, 0.1) is 0 Å². The number of amides is 2. The summed E-state index contributed by atoms with van der Waals surface area (Å²) < 4.78 is 0. The number of halogens is 1. The summed E-state index contributed by atoms with van der Waals surface area (Å²) in [5.41, 5.74) is 0.628. The number of carbonyl (C=O) groups excluding carboxylic acids is 2. The zero-order valence-corrected chi connectivity index (χ0v) is 10.5. The van der Waals surface area contributed by atoms with Gasteiger partial charge in [-0.2, -0.15) is 0 Å². The van der Waals surface area contributed by atoms with Crippen LogP contribution in [0.4, 0.5) is 5.69 Å². The summed E-state index contributed by atoms with van der Waals surface area (Å²) in [6.45, 7) is 1.28. The van der Waals surface area contributed by atoms with Crippen LogP contribution in [0.5, 0.6) is 0 Å². The molecule has 3 N–H and O–H groups in total. The van der Waals surface area contributed by atoms with E-state index < -0.39 is 6.04 Å². The molecule has 0 spiro atoms. The van der Waals surface area contributed by atoms with E-state index in [2.05, 4.69) is 16.0 Å². The van der Waals surface area contributed by atoms with Crippen molar-refractivity contribution in [3.05, 3.63) is 29.3 Å². The Hall–Kier alpha value is -1.59. The maximum Gasteiger partial charge on any atom is 0.237 e. The van der Waals surface area contributed by atoms with Crippen LogP contribution in [0.2, 0.25) is 5.02 Å². The van der Waals surface area contributed by atoms with Gasteiger partial charge in [-0.3, -0.25) is 9.59 Å². The molecule has 0 radical (unpaired) electrons. The molecule has 96 valence electrons. The lowest BCUT2D eigenvalue weighted by atomic mass is 10.1. The summed E-state index contributed by atoms with van der Waals surface area (Å²) >= 11 is 5.82. The Morgan fingerprint density at radius 2 is 2.28 bits per heavy atom. The van der Waals surface area contributed by atoms with Gasteiger partial charge in [0.2, 0.25) is 11.8 Å². The first-order valence-corrected chi connectivity index (χ1v) is 6.09. The van der Waals surface area contributed by atoms with Gasteiger partial charge in [-0.25, -0.2) is 0 Å². The summed E-state index contributed by atoms with van der Waals surface area (Å²) in [6, 6.07) is 6.43. The minimum Gasteiger partial charge on any atom is -0.353 e. The molecule has 1 saturated heterocycles. The molecule has 1 heterocycles. The number of piperazine rings is 1. The lowest BCUT2D eigenvalue weighted by molar-refractivity contribution is -0.127. The van der Waals surface area contributed by atoms with Crippen molar-refractivity contribution in [3.8, 4) is 0 Å². The van der Waals surface area contributed by atoms with Crippen LogP contribution in [-0.2, 0) is 9.59 Å². The summed E-state index contributed by atoms with van der Waals surface area (Å²) in [5, 5.41) is 8.97. The molecule has 0 saturated carbocycles. The molecule has 0 aromatic heterocycles. The average Bonchev–Trinajstić information content (AvgIpc) is 2.32. The van der Waals surface area contributed by atoms with Crippen molar-refractivity contribution >= 4 is 29.1 Å². The molecule has 1 aromatic rings. The molecular weight excluding hydrogens is 254 g/mol. The van der Waals surface area contributed by atoms with Gasteiger partial charge in [0.1, 0.15) is 0 Å². The first-order chi connectivity index (χ1) is 8.65. The van der Waals surface area contributed by atoms with Gasteiger partial charge in [-0.05, 0) is 18.2 Å². The molecule has 0 unspecified atom stereocenters. The molecule has 5 nitrogen and oxygen atoms in total. The van der Waals surface area contributed by atoms with Gasteiger partial charge >= 0.3 is 0 Å². The molecule has 1 aromatic carbocycles. The normalized spacial score (nSPS) is 19.2. The van der Waals surface area contributed by atoms with Crippen molar-refractivity contribution < 1.29 is 9.59 Å². The average molecular weight is 268 g/mol. The fourth-order valence-corrected chi connectivity index (χ4v) is 1.97. The fourth-order valence-electron chi connectivity index (χ4n) is 1.78. The predicted molar refractivity (Wildman–Crippen MR) is 69.5 cm³/mol. The highest BCUT2D eigenvalue weighted by atomic mass is 35.5. The van der Waals surface area contributed by atoms with Gasteiger partial charge in [0, 0.05) is 23.8 Å². The first kappa shape index (κ1) is 12.9. The smallest absolute Gasteiger partial charge is 0.237 e. The van der Waals surface area contributed by atoms with Crippen LogP contribution in [0.15, 0.2) is 24.3 Å². The van der Waals surface area contributed by atoms with E-state index in [9.17, 15) is 9.59 Å². The monoisotopic (exact) mass is 267 g/mol. The van der Waals surface area contributed by atoms with Crippen molar-refractivity contribution in [2.75, 3.05) is 18.4 Å². The van der Waals surface area contributed by atoms with Crippen LogP contribution in [0.25, 0.3) is 0 Å². The van der Waals surface area contributed by atoms with Crippen LogP contribution >= 0.6 is 11.6 Å². The van der Waals surface area contributed by atoms with Gasteiger partial charge in [-0.1, -0.05) is 17.7 Å². The molecule has 0 bridgehead atoms. The van der Waals surface area contributed by atoms with Crippen LogP contribution in [-0.4, -0.2) is 30.9 Å². The largest absolute Gasteiger partial charge is 0.353 e. The van der Waals surface area contributed by atoms with Gasteiger partial charge in [0.05, 0.1) is 12.5 Å². The predicted octanol–water partition coefficient (Wildman–Crippen LogP) is 0.757. The Morgan fingerprint density at radius 1 is 1.44 bits per heavy atom. The van der Waals surface area contributed by atoms with E-state index in [1.54, 1.807) is 24.3 Å². The zero-order valence-electron chi connectivity index (χ0n) is 9.70. The third-order valence-electron chi connectivity index (χ3n) is 2.63. The molecule has 1 atom stereocenters. The molecule has 1 aliphatic rings. The highest BCUT2D eigenvalue weighted by Gasteiger charge is 2.23. The lowest BCUT2D eigenvalue weighted by Gasteiger charge is -2.22. The number of rotatable bonds is 3. The molecule has 18 heavy (non-hydrogen) atoms. The fraction of sp³-hybridized carbons (Fsp3) is 0.333. The van der Waals surface area contributed by atoms with Crippen molar-refractivity contribution in [1.29, 1.82) is 0 Å². The summed E-state index contributed by atoms with van der Waals surface area (Å²) in [5.74, 6) is -0.352. The van der Waals surface area contributed by atoms with E-state index in [1.807, 2.05) is 0 Å². The molecular formula is C12H14ClN3O2. The van der Waals surface area contributed by atoms with Crippen molar-refractivity contribution in [2.45, 2.75) is 12.5 Å². The molecule has 1 aliphatic heterocycles. The summed E-state index contributed by atoms with van der Waals surface area (Å²) in [4.78, 5) is 23.2. The standard InChI is InChI=1S/C12H14ClN3O2/c13-8-2-1-3-9(6-8)16-11(17)7-10-12(18)15-5-4-14-10/h1-3,6,10,14H,4-5,7H2,(H,15,18)(H,16,17)/t10-/m0/s1. The zero-order chi connectivity index (χ0) is 13.0. The van der Waals surface area contributed by atoms with Crippen LogP contribution in [0.3, 0.4) is 0 Å². The van der Waals surface area contributed by atoms with Crippen LogP contribution < -0.4 is 16.0 Å². The van der Waals surface area contributed by atoms with E-state index in [0.29, 0.717) is 23.8 Å². The number of carbonyl (C=O) groups is 2. The second-order valence-electron chi connectivity index (χ2n) is 4.06. The van der Waals surface area contributed by atoms with Crippen LogP contribution in [0.1, 0.15) is 6.42 Å². The molecule has 1 fully saturated rings. The Kier molecular flexibility index (Phi) is 4.17. The molecule has 6 heteroatoms. The number of anilines is 1. The van der Waals surface area contributed by atoms with Crippen molar-refractivity contribution in [3.63, 3.8) is 0 Å². The maximum atomic E-state index is 11.8. The summed E-state index contributed by atoms with van der Waals surface area (Å²) in [7, 11) is 0. The minimum absolute atomic E-state index is 0.109. The summed E-state index contributed by atoms with van der Waals surface area (Å²) in [6.07, 6.45) is 0.109. The number of benzene rings is 1. The number of nitrogens with one attached hydrogen (secondary N) is 3.